The fourth-order valence-corrected chi connectivity index (χ4v) is 2.61. The number of rotatable bonds is 3. The highest BCUT2D eigenvalue weighted by Gasteiger charge is 2.30. The van der Waals surface area contributed by atoms with Crippen LogP contribution in [0, 0.1) is 5.82 Å². The largest absolute Gasteiger partial charge is 0.495 e. The van der Waals surface area contributed by atoms with Crippen LogP contribution in [0.5, 0.6) is 5.75 Å². The number of amides is 1. The van der Waals surface area contributed by atoms with Crippen molar-refractivity contribution >= 4 is 27.7 Å². The predicted octanol–water partition coefficient (Wildman–Crippen LogP) is 2.12. The summed E-state index contributed by atoms with van der Waals surface area (Å²) in [6, 6.07) is 2.41. The summed E-state index contributed by atoms with van der Waals surface area (Å²) < 4.78 is 19.1. The average molecular weight is 363 g/mol. The minimum Gasteiger partial charge on any atom is -0.495 e. The third kappa shape index (κ3) is 3.56. The second kappa shape index (κ2) is 6.48. The summed E-state index contributed by atoms with van der Waals surface area (Å²) in [6.45, 7) is 0.333. The number of ether oxygens (including phenoxy) is 1. The fourth-order valence-electron chi connectivity index (χ4n) is 2.28. The van der Waals surface area contributed by atoms with Crippen LogP contribution < -0.4 is 10.1 Å². The molecule has 1 aromatic rings. The summed E-state index contributed by atoms with van der Waals surface area (Å²) in [7, 11) is 1.47. The van der Waals surface area contributed by atoms with Crippen LogP contribution in [-0.4, -0.2) is 53.6 Å². The average Bonchev–Trinajstić information content (AvgIpc) is 2.44. The molecule has 2 atom stereocenters. The molecule has 0 saturated carbocycles. The van der Waals surface area contributed by atoms with Gasteiger partial charge in [0.15, 0.2) is 0 Å². The number of nitrogens with zero attached hydrogens (tertiary/aromatic N) is 1. The number of benzene rings is 1. The van der Waals surface area contributed by atoms with Gasteiger partial charge in [0, 0.05) is 12.6 Å². The highest BCUT2D eigenvalue weighted by Crippen LogP contribution is 2.32. The van der Waals surface area contributed by atoms with Crippen molar-refractivity contribution in [3.05, 3.63) is 22.4 Å². The molecule has 0 aromatic heterocycles. The van der Waals surface area contributed by atoms with Gasteiger partial charge in [-0.2, -0.15) is 0 Å². The lowest BCUT2D eigenvalue weighted by Gasteiger charge is -2.35. The first-order valence-corrected chi connectivity index (χ1v) is 7.17. The normalized spacial score (nSPS) is 22.0. The number of β-amino-alcohol motifs (C(OH)–C–C–N with tert-alkyl or cyclic N) is 1. The zero-order valence-corrected chi connectivity index (χ0v) is 12.9. The van der Waals surface area contributed by atoms with E-state index in [4.69, 9.17) is 9.84 Å². The SMILES string of the molecule is COc1cc(Br)c(F)cc1NC1CCN(C(=O)O)CC1O. The summed E-state index contributed by atoms with van der Waals surface area (Å²) in [5, 5.41) is 21.9. The molecule has 0 bridgehead atoms. The third-order valence-electron chi connectivity index (χ3n) is 3.44. The minimum atomic E-state index is -1.06. The Hall–Kier alpha value is -1.54. The second-order valence-electron chi connectivity index (χ2n) is 4.80. The van der Waals surface area contributed by atoms with Gasteiger partial charge in [-0.15, -0.1) is 0 Å². The van der Waals surface area contributed by atoms with Crippen molar-refractivity contribution in [2.45, 2.75) is 18.6 Å². The monoisotopic (exact) mass is 362 g/mol. The van der Waals surface area contributed by atoms with Gasteiger partial charge in [0.25, 0.3) is 0 Å². The molecule has 1 aliphatic heterocycles. The maximum absolute atomic E-state index is 13.6. The van der Waals surface area contributed by atoms with E-state index in [-0.39, 0.29) is 17.1 Å². The number of anilines is 1. The van der Waals surface area contributed by atoms with Crippen LogP contribution in [-0.2, 0) is 0 Å². The van der Waals surface area contributed by atoms with Gasteiger partial charge in [0.05, 0.1) is 36.0 Å². The zero-order valence-electron chi connectivity index (χ0n) is 11.3. The quantitative estimate of drug-likeness (QED) is 0.767. The Morgan fingerprint density at radius 2 is 2.29 bits per heavy atom. The van der Waals surface area contributed by atoms with Gasteiger partial charge in [-0.3, -0.25) is 0 Å². The summed E-state index contributed by atoms with van der Waals surface area (Å²) >= 11 is 3.08. The van der Waals surface area contributed by atoms with Gasteiger partial charge in [0.2, 0.25) is 0 Å². The first-order chi connectivity index (χ1) is 9.92. The summed E-state index contributed by atoms with van der Waals surface area (Å²) in [4.78, 5) is 12.0. The van der Waals surface area contributed by atoms with Crippen molar-refractivity contribution in [2.24, 2.45) is 0 Å². The van der Waals surface area contributed by atoms with Gasteiger partial charge < -0.3 is 25.2 Å². The number of likely N-dealkylation sites (tertiary alicyclic amines) is 1. The number of aliphatic hydroxyl groups excluding tert-OH is 1. The number of hydrogen-bond donors (Lipinski definition) is 3. The number of halogens is 2. The van der Waals surface area contributed by atoms with Crippen molar-refractivity contribution in [3.63, 3.8) is 0 Å². The molecule has 1 aromatic carbocycles. The van der Waals surface area contributed by atoms with E-state index in [1.165, 1.54) is 19.2 Å². The van der Waals surface area contributed by atoms with Crippen molar-refractivity contribution in [1.29, 1.82) is 0 Å². The van der Waals surface area contributed by atoms with E-state index in [0.29, 0.717) is 24.4 Å². The Balaban J connectivity index is 2.12. The number of piperidine rings is 1. The standard InChI is InChI=1S/C13H16BrFN2O4/c1-21-12-4-7(14)8(15)5-10(12)16-9-2-3-17(13(19)20)6-11(9)18/h4-5,9,11,16,18H,2-3,6H2,1H3,(H,19,20). The Kier molecular flexibility index (Phi) is 4.89. The van der Waals surface area contributed by atoms with Crippen LogP contribution in [0.15, 0.2) is 16.6 Å². The van der Waals surface area contributed by atoms with E-state index < -0.39 is 18.0 Å². The first-order valence-electron chi connectivity index (χ1n) is 6.38. The molecule has 1 heterocycles. The Labute approximate surface area is 129 Å². The molecule has 0 radical (unpaired) electrons. The van der Waals surface area contributed by atoms with Crippen molar-refractivity contribution in [3.8, 4) is 5.75 Å². The third-order valence-corrected chi connectivity index (χ3v) is 4.04. The molecule has 0 aliphatic carbocycles. The smallest absolute Gasteiger partial charge is 0.407 e. The number of hydrogen-bond acceptors (Lipinski definition) is 4. The van der Waals surface area contributed by atoms with Gasteiger partial charge in [0.1, 0.15) is 11.6 Å². The Morgan fingerprint density at radius 1 is 1.57 bits per heavy atom. The highest BCUT2D eigenvalue weighted by atomic mass is 79.9. The van der Waals surface area contributed by atoms with Gasteiger partial charge in [-0.05, 0) is 28.4 Å². The molecule has 1 amide bonds. The minimum absolute atomic E-state index is 0.0221. The van der Waals surface area contributed by atoms with Crippen LogP contribution >= 0.6 is 15.9 Å². The number of carboxylic acid groups (broad SMARTS) is 1. The number of carbonyl (C=O) groups is 1. The maximum atomic E-state index is 13.6. The Bertz CT molecular complexity index is 543. The molecular formula is C13H16BrFN2O4. The van der Waals surface area contributed by atoms with Crippen LogP contribution in [0.1, 0.15) is 6.42 Å². The van der Waals surface area contributed by atoms with Crippen molar-refractivity contribution in [2.75, 3.05) is 25.5 Å². The Morgan fingerprint density at radius 3 is 2.86 bits per heavy atom. The predicted molar refractivity (Wildman–Crippen MR) is 78.3 cm³/mol. The summed E-state index contributed by atoms with van der Waals surface area (Å²) in [5.74, 6) is -0.00750. The highest BCUT2D eigenvalue weighted by molar-refractivity contribution is 9.10. The van der Waals surface area contributed by atoms with Crippen LogP contribution in [0.4, 0.5) is 14.9 Å². The molecule has 1 aliphatic rings. The maximum Gasteiger partial charge on any atom is 0.407 e. The number of nitrogens with one attached hydrogen (secondary N) is 1. The van der Waals surface area contributed by atoms with Crippen LogP contribution in [0.3, 0.4) is 0 Å². The number of methoxy groups -OCH3 is 1. The van der Waals surface area contributed by atoms with Crippen molar-refractivity contribution in [1.82, 2.24) is 4.90 Å². The zero-order chi connectivity index (χ0) is 15.6. The first kappa shape index (κ1) is 15.8. The molecular weight excluding hydrogens is 347 g/mol. The molecule has 2 rings (SSSR count). The molecule has 8 heteroatoms. The number of aliphatic hydroxyl groups is 1. The lowest BCUT2D eigenvalue weighted by molar-refractivity contribution is 0.0574. The summed E-state index contributed by atoms with van der Waals surface area (Å²) in [5.41, 5.74) is 0.422. The van der Waals surface area contributed by atoms with E-state index in [1.54, 1.807) is 0 Å². The molecule has 0 spiro atoms. The fraction of sp³-hybridized carbons (Fsp3) is 0.462. The van der Waals surface area contributed by atoms with Crippen molar-refractivity contribution < 1.29 is 24.1 Å². The van der Waals surface area contributed by atoms with E-state index >= 15 is 0 Å². The summed E-state index contributed by atoms with van der Waals surface area (Å²) in [6.07, 6.45) is -1.50. The molecule has 21 heavy (non-hydrogen) atoms. The van der Waals surface area contributed by atoms with E-state index in [2.05, 4.69) is 21.2 Å². The van der Waals surface area contributed by atoms with E-state index in [0.717, 1.165) is 4.90 Å². The topological polar surface area (TPSA) is 82.0 Å². The lowest BCUT2D eigenvalue weighted by atomic mass is 10.0. The van der Waals surface area contributed by atoms with E-state index in [1.807, 2.05) is 0 Å². The second-order valence-corrected chi connectivity index (χ2v) is 5.66. The molecule has 1 fully saturated rings. The van der Waals surface area contributed by atoms with Crippen LogP contribution in [0.25, 0.3) is 0 Å². The molecule has 6 nitrogen and oxygen atoms in total. The molecule has 1 saturated heterocycles. The van der Waals surface area contributed by atoms with E-state index in [9.17, 15) is 14.3 Å². The van der Waals surface area contributed by atoms with Crippen LogP contribution in [0.2, 0.25) is 0 Å². The molecule has 116 valence electrons. The van der Waals surface area contributed by atoms with Gasteiger partial charge in [-0.25, -0.2) is 9.18 Å². The van der Waals surface area contributed by atoms with Gasteiger partial charge >= 0.3 is 6.09 Å². The lowest BCUT2D eigenvalue weighted by Crippen LogP contribution is -2.51. The molecule has 3 N–H and O–H groups in total. The van der Waals surface area contributed by atoms with Gasteiger partial charge in [-0.1, -0.05) is 0 Å². The molecule has 2 unspecified atom stereocenters.